The zero-order valence-electron chi connectivity index (χ0n) is 11.7. The van der Waals surface area contributed by atoms with Crippen molar-refractivity contribution < 1.29 is 0 Å². The molecular formula is C16H26N2. The average Bonchev–Trinajstić information content (AvgIpc) is 2.89. The summed E-state index contributed by atoms with van der Waals surface area (Å²) in [4.78, 5) is 2.61. The summed E-state index contributed by atoms with van der Waals surface area (Å²) in [5.41, 5.74) is 8.68. The van der Waals surface area contributed by atoms with Gasteiger partial charge >= 0.3 is 0 Å². The van der Waals surface area contributed by atoms with Gasteiger partial charge in [-0.25, -0.2) is 0 Å². The van der Waals surface area contributed by atoms with Crippen molar-refractivity contribution in [3.8, 4) is 0 Å². The van der Waals surface area contributed by atoms with Crippen LogP contribution in [0.15, 0.2) is 24.3 Å². The zero-order chi connectivity index (χ0) is 13.0. The van der Waals surface area contributed by atoms with Crippen molar-refractivity contribution in [2.75, 3.05) is 19.6 Å². The third-order valence-electron chi connectivity index (χ3n) is 4.25. The molecule has 100 valence electrons. The van der Waals surface area contributed by atoms with Gasteiger partial charge in [-0.2, -0.15) is 0 Å². The molecule has 2 nitrogen and oxygen atoms in total. The van der Waals surface area contributed by atoms with Crippen LogP contribution < -0.4 is 5.73 Å². The van der Waals surface area contributed by atoms with Crippen molar-refractivity contribution in [1.82, 2.24) is 4.90 Å². The van der Waals surface area contributed by atoms with Gasteiger partial charge in [-0.05, 0) is 49.4 Å². The van der Waals surface area contributed by atoms with Gasteiger partial charge in [-0.3, -0.25) is 4.90 Å². The van der Waals surface area contributed by atoms with E-state index >= 15 is 0 Å². The minimum Gasteiger partial charge on any atom is -0.330 e. The lowest BCUT2D eigenvalue weighted by atomic mass is 10.0. The third kappa shape index (κ3) is 2.93. The quantitative estimate of drug-likeness (QED) is 0.865. The van der Waals surface area contributed by atoms with Crippen LogP contribution in [-0.4, -0.2) is 24.5 Å². The van der Waals surface area contributed by atoms with Gasteiger partial charge in [0.05, 0.1) is 0 Å². The first-order valence-electron chi connectivity index (χ1n) is 7.31. The van der Waals surface area contributed by atoms with Crippen molar-refractivity contribution in [2.24, 2.45) is 11.7 Å². The summed E-state index contributed by atoms with van der Waals surface area (Å²) in [6.45, 7) is 7.70. The summed E-state index contributed by atoms with van der Waals surface area (Å²) in [6.07, 6.45) is 3.57. The van der Waals surface area contributed by atoms with E-state index in [0.29, 0.717) is 12.0 Å². The molecule has 1 aromatic carbocycles. The summed E-state index contributed by atoms with van der Waals surface area (Å²) in [5, 5.41) is 0. The van der Waals surface area contributed by atoms with Crippen LogP contribution in [-0.2, 0) is 6.42 Å². The van der Waals surface area contributed by atoms with Crippen LogP contribution >= 0.6 is 0 Å². The van der Waals surface area contributed by atoms with Gasteiger partial charge < -0.3 is 5.73 Å². The molecule has 0 aromatic heterocycles. The highest BCUT2D eigenvalue weighted by atomic mass is 15.2. The minimum absolute atomic E-state index is 0.576. The molecule has 0 saturated carbocycles. The Kier molecular flexibility index (Phi) is 4.79. The van der Waals surface area contributed by atoms with E-state index in [2.05, 4.69) is 43.0 Å². The van der Waals surface area contributed by atoms with Crippen LogP contribution in [0, 0.1) is 5.92 Å². The van der Waals surface area contributed by atoms with E-state index in [1.54, 1.807) is 0 Å². The summed E-state index contributed by atoms with van der Waals surface area (Å²) in [5.74, 6) is 0.703. The highest BCUT2D eigenvalue weighted by Crippen LogP contribution is 2.29. The molecule has 1 saturated heterocycles. The maximum absolute atomic E-state index is 5.79. The second-order valence-corrected chi connectivity index (χ2v) is 5.40. The molecule has 0 bridgehead atoms. The normalized spacial score (nSPS) is 22.3. The summed E-state index contributed by atoms with van der Waals surface area (Å²) < 4.78 is 0. The second-order valence-electron chi connectivity index (χ2n) is 5.40. The Balaban J connectivity index is 2.08. The Morgan fingerprint density at radius 1 is 1.28 bits per heavy atom. The second kappa shape index (κ2) is 6.35. The predicted octanol–water partition coefficient (Wildman–Crippen LogP) is 2.98. The monoisotopic (exact) mass is 246 g/mol. The number of nitrogens with zero attached hydrogens (tertiary/aromatic N) is 1. The van der Waals surface area contributed by atoms with E-state index in [-0.39, 0.29) is 0 Å². The molecule has 2 N–H and O–H groups in total. The van der Waals surface area contributed by atoms with Crippen LogP contribution in [0.3, 0.4) is 0 Å². The van der Waals surface area contributed by atoms with Gasteiger partial charge in [0.1, 0.15) is 0 Å². The fraction of sp³-hybridized carbons (Fsp3) is 0.625. The molecule has 0 spiro atoms. The molecule has 1 fully saturated rings. The highest BCUT2D eigenvalue weighted by Gasteiger charge is 2.27. The highest BCUT2D eigenvalue weighted by molar-refractivity contribution is 5.25. The van der Waals surface area contributed by atoms with Gasteiger partial charge in [0, 0.05) is 12.6 Å². The fourth-order valence-corrected chi connectivity index (χ4v) is 3.02. The fourth-order valence-electron chi connectivity index (χ4n) is 3.02. The lowest BCUT2D eigenvalue weighted by Crippen LogP contribution is -2.27. The van der Waals surface area contributed by atoms with Crippen molar-refractivity contribution >= 4 is 0 Å². The zero-order valence-corrected chi connectivity index (χ0v) is 11.7. The van der Waals surface area contributed by atoms with E-state index in [1.165, 1.54) is 37.1 Å². The molecule has 1 aliphatic heterocycles. The number of hydrogen-bond donors (Lipinski definition) is 1. The standard InChI is InChI=1S/C16H26N2/c1-3-13-5-7-15(8-6-13)16(4-2)18-10-9-14(11-17)12-18/h5-8,14,16H,3-4,9-12,17H2,1-2H3. The Labute approximate surface area is 111 Å². The molecule has 0 radical (unpaired) electrons. The van der Waals surface area contributed by atoms with Gasteiger partial charge in [0.15, 0.2) is 0 Å². The van der Waals surface area contributed by atoms with Crippen LogP contribution in [0.5, 0.6) is 0 Å². The molecule has 1 heterocycles. The maximum atomic E-state index is 5.79. The average molecular weight is 246 g/mol. The molecule has 0 aliphatic carbocycles. The van der Waals surface area contributed by atoms with E-state index in [4.69, 9.17) is 5.73 Å². The van der Waals surface area contributed by atoms with Gasteiger partial charge in [0.25, 0.3) is 0 Å². The minimum atomic E-state index is 0.576. The molecule has 18 heavy (non-hydrogen) atoms. The molecule has 2 rings (SSSR count). The first kappa shape index (κ1) is 13.6. The summed E-state index contributed by atoms with van der Waals surface area (Å²) in [6, 6.07) is 9.74. The number of benzene rings is 1. The van der Waals surface area contributed by atoms with E-state index in [1.807, 2.05) is 0 Å². The first-order chi connectivity index (χ1) is 8.78. The van der Waals surface area contributed by atoms with Crippen molar-refractivity contribution in [3.63, 3.8) is 0 Å². The maximum Gasteiger partial charge on any atom is 0.0345 e. The van der Waals surface area contributed by atoms with Crippen LogP contribution in [0.4, 0.5) is 0 Å². The van der Waals surface area contributed by atoms with E-state index in [9.17, 15) is 0 Å². The summed E-state index contributed by atoms with van der Waals surface area (Å²) >= 11 is 0. The number of aryl methyl sites for hydroxylation is 1. The molecule has 1 aliphatic rings. The first-order valence-corrected chi connectivity index (χ1v) is 7.31. The van der Waals surface area contributed by atoms with Crippen LogP contribution in [0.25, 0.3) is 0 Å². The lowest BCUT2D eigenvalue weighted by Gasteiger charge is -2.27. The number of hydrogen-bond acceptors (Lipinski definition) is 2. The molecule has 2 atom stereocenters. The topological polar surface area (TPSA) is 29.3 Å². The van der Waals surface area contributed by atoms with Gasteiger partial charge in [-0.15, -0.1) is 0 Å². The SMILES string of the molecule is CCc1ccc(C(CC)N2CCC(CN)C2)cc1. The molecule has 2 unspecified atom stereocenters. The van der Waals surface area contributed by atoms with Crippen LogP contribution in [0.1, 0.15) is 43.9 Å². The van der Waals surface area contributed by atoms with E-state index in [0.717, 1.165) is 13.0 Å². The Morgan fingerprint density at radius 2 is 2.00 bits per heavy atom. The van der Waals surface area contributed by atoms with Crippen molar-refractivity contribution in [1.29, 1.82) is 0 Å². The third-order valence-corrected chi connectivity index (χ3v) is 4.25. The molecular weight excluding hydrogens is 220 g/mol. The molecule has 1 aromatic rings. The van der Waals surface area contributed by atoms with Gasteiger partial charge in [-0.1, -0.05) is 38.1 Å². The lowest BCUT2D eigenvalue weighted by molar-refractivity contribution is 0.231. The van der Waals surface area contributed by atoms with Crippen molar-refractivity contribution in [2.45, 2.75) is 39.2 Å². The number of likely N-dealkylation sites (tertiary alicyclic amines) is 1. The Hall–Kier alpha value is -0.860. The molecule has 2 heteroatoms. The Morgan fingerprint density at radius 3 is 2.50 bits per heavy atom. The number of rotatable bonds is 5. The predicted molar refractivity (Wildman–Crippen MR) is 77.6 cm³/mol. The van der Waals surface area contributed by atoms with E-state index < -0.39 is 0 Å². The largest absolute Gasteiger partial charge is 0.330 e. The summed E-state index contributed by atoms with van der Waals surface area (Å²) in [7, 11) is 0. The van der Waals surface area contributed by atoms with Crippen molar-refractivity contribution in [3.05, 3.63) is 35.4 Å². The van der Waals surface area contributed by atoms with Gasteiger partial charge in [0.2, 0.25) is 0 Å². The number of nitrogens with two attached hydrogens (primary N) is 1. The van der Waals surface area contributed by atoms with Crippen LogP contribution in [0.2, 0.25) is 0 Å². The molecule has 0 amide bonds. The Bertz CT molecular complexity index is 358. The smallest absolute Gasteiger partial charge is 0.0345 e.